The van der Waals surface area contributed by atoms with Gasteiger partial charge in [0.1, 0.15) is 5.54 Å². The molecule has 0 aromatic heterocycles. The fraction of sp³-hybridized carbons (Fsp3) is 0.769. The fourth-order valence-corrected chi connectivity index (χ4v) is 2.42. The van der Waals surface area contributed by atoms with Crippen LogP contribution in [0.3, 0.4) is 0 Å². The normalized spacial score (nSPS) is 30.5. The minimum atomic E-state index is -0.337. The zero-order chi connectivity index (χ0) is 11.1. The van der Waals surface area contributed by atoms with Gasteiger partial charge in [-0.25, -0.2) is 0 Å². The largest absolute Gasteiger partial charge is 0.288 e. The Hall–Kier alpha value is -0.990. The molecule has 1 aliphatic rings. The van der Waals surface area contributed by atoms with E-state index >= 15 is 0 Å². The van der Waals surface area contributed by atoms with Gasteiger partial charge in [0.25, 0.3) is 0 Å². The van der Waals surface area contributed by atoms with Crippen LogP contribution in [0.1, 0.15) is 45.4 Å². The van der Waals surface area contributed by atoms with Crippen molar-refractivity contribution in [1.29, 1.82) is 5.26 Å². The standard InChI is InChI=1S/C13H20N2/c1-3-5-12-6-8-13(11-14,9-7-12)15-10-4-2/h2,12,15H,3,5-10H2,1H3. The van der Waals surface area contributed by atoms with Crippen LogP contribution in [-0.4, -0.2) is 12.1 Å². The highest BCUT2D eigenvalue weighted by Crippen LogP contribution is 2.33. The molecule has 0 atom stereocenters. The van der Waals surface area contributed by atoms with Gasteiger partial charge in [0, 0.05) is 0 Å². The van der Waals surface area contributed by atoms with E-state index in [4.69, 9.17) is 6.42 Å². The molecule has 82 valence electrons. The molecule has 15 heavy (non-hydrogen) atoms. The molecule has 2 heteroatoms. The Morgan fingerprint density at radius 1 is 1.47 bits per heavy atom. The van der Waals surface area contributed by atoms with Crippen molar-refractivity contribution in [2.24, 2.45) is 5.92 Å². The number of terminal acetylenes is 1. The molecule has 1 aliphatic carbocycles. The van der Waals surface area contributed by atoms with Crippen LogP contribution in [0.15, 0.2) is 0 Å². The number of nitriles is 1. The lowest BCUT2D eigenvalue weighted by Gasteiger charge is -2.35. The van der Waals surface area contributed by atoms with Gasteiger partial charge in [0.05, 0.1) is 12.6 Å². The minimum Gasteiger partial charge on any atom is -0.288 e. The van der Waals surface area contributed by atoms with Gasteiger partial charge >= 0.3 is 0 Å². The lowest BCUT2D eigenvalue weighted by molar-refractivity contribution is 0.235. The summed E-state index contributed by atoms with van der Waals surface area (Å²) in [5.41, 5.74) is -0.337. The molecule has 0 heterocycles. The third-order valence-corrected chi connectivity index (χ3v) is 3.40. The number of hydrogen-bond donors (Lipinski definition) is 1. The van der Waals surface area contributed by atoms with Crippen molar-refractivity contribution in [3.05, 3.63) is 0 Å². The Balaban J connectivity index is 2.45. The van der Waals surface area contributed by atoms with Crippen molar-refractivity contribution in [2.45, 2.75) is 51.0 Å². The quantitative estimate of drug-likeness (QED) is 0.714. The first-order chi connectivity index (χ1) is 7.26. The second-order valence-corrected chi connectivity index (χ2v) is 4.48. The van der Waals surface area contributed by atoms with E-state index in [2.05, 4.69) is 24.2 Å². The number of nitrogens with zero attached hydrogens (tertiary/aromatic N) is 1. The minimum absolute atomic E-state index is 0.337. The maximum absolute atomic E-state index is 9.20. The highest BCUT2D eigenvalue weighted by Gasteiger charge is 2.34. The SMILES string of the molecule is C#CCNC1(C#N)CCC(CCC)CC1. The van der Waals surface area contributed by atoms with Crippen LogP contribution in [-0.2, 0) is 0 Å². The van der Waals surface area contributed by atoms with Crippen molar-refractivity contribution >= 4 is 0 Å². The predicted octanol–water partition coefficient (Wildman–Crippen LogP) is 2.46. The Morgan fingerprint density at radius 2 is 2.13 bits per heavy atom. The van der Waals surface area contributed by atoms with Gasteiger partial charge in [-0.05, 0) is 31.6 Å². The molecule has 0 unspecified atom stereocenters. The Labute approximate surface area is 93.1 Å². The molecule has 0 saturated heterocycles. The summed E-state index contributed by atoms with van der Waals surface area (Å²) in [7, 11) is 0. The smallest absolute Gasteiger partial charge is 0.107 e. The lowest BCUT2D eigenvalue weighted by Crippen LogP contribution is -2.46. The first-order valence-corrected chi connectivity index (χ1v) is 5.86. The summed E-state index contributed by atoms with van der Waals surface area (Å²) in [6, 6.07) is 2.41. The van der Waals surface area contributed by atoms with E-state index in [1.54, 1.807) is 0 Å². The van der Waals surface area contributed by atoms with Gasteiger partial charge in [-0.15, -0.1) is 6.42 Å². The lowest BCUT2D eigenvalue weighted by atomic mass is 9.76. The average molecular weight is 204 g/mol. The van der Waals surface area contributed by atoms with Crippen molar-refractivity contribution in [3.63, 3.8) is 0 Å². The second kappa shape index (κ2) is 5.79. The van der Waals surface area contributed by atoms with Gasteiger partial charge in [-0.2, -0.15) is 5.26 Å². The molecule has 1 N–H and O–H groups in total. The molecular formula is C13H20N2. The summed E-state index contributed by atoms with van der Waals surface area (Å²) < 4.78 is 0. The van der Waals surface area contributed by atoms with Crippen molar-refractivity contribution in [2.75, 3.05) is 6.54 Å². The maximum atomic E-state index is 9.20. The van der Waals surface area contributed by atoms with Crippen LogP contribution < -0.4 is 5.32 Å². The topological polar surface area (TPSA) is 35.8 Å². The summed E-state index contributed by atoms with van der Waals surface area (Å²) in [4.78, 5) is 0. The van der Waals surface area contributed by atoms with Gasteiger partial charge in [-0.1, -0.05) is 25.7 Å². The van der Waals surface area contributed by atoms with Crippen LogP contribution in [0.4, 0.5) is 0 Å². The van der Waals surface area contributed by atoms with E-state index < -0.39 is 0 Å². The Morgan fingerprint density at radius 3 is 2.60 bits per heavy atom. The van der Waals surface area contributed by atoms with E-state index in [1.807, 2.05) is 0 Å². The highest BCUT2D eigenvalue weighted by molar-refractivity contribution is 5.10. The van der Waals surface area contributed by atoms with Gasteiger partial charge in [-0.3, -0.25) is 5.32 Å². The van der Waals surface area contributed by atoms with Crippen LogP contribution in [0.2, 0.25) is 0 Å². The van der Waals surface area contributed by atoms with Crippen LogP contribution in [0.5, 0.6) is 0 Å². The molecule has 0 amide bonds. The molecule has 2 nitrogen and oxygen atoms in total. The Kier molecular flexibility index (Phi) is 4.66. The molecule has 1 saturated carbocycles. The summed E-state index contributed by atoms with van der Waals surface area (Å²) in [6.07, 6.45) is 12.0. The molecular weight excluding hydrogens is 184 g/mol. The summed E-state index contributed by atoms with van der Waals surface area (Å²) in [5.74, 6) is 3.37. The molecule has 0 spiro atoms. The maximum Gasteiger partial charge on any atom is 0.107 e. The zero-order valence-corrected chi connectivity index (χ0v) is 9.55. The third kappa shape index (κ3) is 3.26. The van der Waals surface area contributed by atoms with Crippen LogP contribution in [0.25, 0.3) is 0 Å². The van der Waals surface area contributed by atoms with E-state index in [-0.39, 0.29) is 5.54 Å². The summed E-state index contributed by atoms with van der Waals surface area (Å²) in [6.45, 7) is 2.73. The van der Waals surface area contributed by atoms with E-state index in [0.717, 1.165) is 18.8 Å². The van der Waals surface area contributed by atoms with Gasteiger partial charge in [0.2, 0.25) is 0 Å². The summed E-state index contributed by atoms with van der Waals surface area (Å²) in [5, 5.41) is 12.4. The van der Waals surface area contributed by atoms with Crippen molar-refractivity contribution in [3.8, 4) is 18.4 Å². The molecule has 0 aliphatic heterocycles. The Bertz CT molecular complexity index is 261. The molecule has 0 aromatic carbocycles. The highest BCUT2D eigenvalue weighted by atomic mass is 15.0. The number of hydrogen-bond acceptors (Lipinski definition) is 2. The average Bonchev–Trinajstić information content (AvgIpc) is 2.29. The van der Waals surface area contributed by atoms with E-state index in [1.165, 1.54) is 25.7 Å². The molecule has 1 rings (SSSR count). The number of rotatable bonds is 4. The molecule has 0 radical (unpaired) electrons. The van der Waals surface area contributed by atoms with Gasteiger partial charge in [0.15, 0.2) is 0 Å². The van der Waals surface area contributed by atoms with E-state index in [0.29, 0.717) is 6.54 Å². The summed E-state index contributed by atoms with van der Waals surface area (Å²) >= 11 is 0. The molecule has 1 fully saturated rings. The van der Waals surface area contributed by atoms with Crippen LogP contribution >= 0.6 is 0 Å². The number of nitrogens with one attached hydrogen (secondary N) is 1. The monoisotopic (exact) mass is 204 g/mol. The third-order valence-electron chi connectivity index (χ3n) is 3.40. The zero-order valence-electron chi connectivity index (χ0n) is 9.55. The van der Waals surface area contributed by atoms with E-state index in [9.17, 15) is 5.26 Å². The van der Waals surface area contributed by atoms with Crippen molar-refractivity contribution < 1.29 is 0 Å². The van der Waals surface area contributed by atoms with Crippen LogP contribution in [0, 0.1) is 29.6 Å². The predicted molar refractivity (Wildman–Crippen MR) is 62.0 cm³/mol. The molecule has 0 aromatic rings. The first kappa shape index (κ1) is 12.1. The molecule has 0 bridgehead atoms. The second-order valence-electron chi connectivity index (χ2n) is 4.48. The van der Waals surface area contributed by atoms with Crippen molar-refractivity contribution in [1.82, 2.24) is 5.32 Å². The first-order valence-electron chi connectivity index (χ1n) is 5.86. The fourth-order valence-electron chi connectivity index (χ4n) is 2.42. The van der Waals surface area contributed by atoms with Gasteiger partial charge < -0.3 is 0 Å².